The van der Waals surface area contributed by atoms with Crippen molar-refractivity contribution in [1.29, 1.82) is 0 Å². The van der Waals surface area contributed by atoms with Gasteiger partial charge in [-0.3, -0.25) is 9.98 Å². The number of carbonyl (C=O) groups is 1. The van der Waals surface area contributed by atoms with Crippen LogP contribution in [-0.2, 0) is 4.74 Å². The maximum atomic E-state index is 12.0. The van der Waals surface area contributed by atoms with Gasteiger partial charge in [0.1, 0.15) is 5.56 Å². The van der Waals surface area contributed by atoms with Crippen molar-refractivity contribution in [2.24, 2.45) is 4.99 Å². The van der Waals surface area contributed by atoms with Crippen LogP contribution in [0.1, 0.15) is 45.0 Å². The van der Waals surface area contributed by atoms with E-state index in [0.29, 0.717) is 18.0 Å². The Morgan fingerprint density at radius 1 is 1.46 bits per heavy atom. The van der Waals surface area contributed by atoms with Gasteiger partial charge in [-0.05, 0) is 32.9 Å². The van der Waals surface area contributed by atoms with Crippen molar-refractivity contribution in [3.8, 4) is 5.69 Å². The molecule has 2 aromatic heterocycles. The normalized spacial score (nSPS) is 10.4. The zero-order valence-electron chi connectivity index (χ0n) is 14.9. The van der Waals surface area contributed by atoms with E-state index < -0.39 is 5.97 Å². The molecule has 0 fully saturated rings. The first-order chi connectivity index (χ1) is 11.6. The van der Waals surface area contributed by atoms with Crippen LogP contribution in [0.3, 0.4) is 0 Å². The smallest absolute Gasteiger partial charge is 0.343 e. The second-order valence-electron chi connectivity index (χ2n) is 4.78. The zero-order chi connectivity index (χ0) is 17.9. The first-order valence-corrected chi connectivity index (χ1v) is 8.07. The third kappa shape index (κ3) is 5.49. The fourth-order valence-electron chi connectivity index (χ4n) is 1.71. The van der Waals surface area contributed by atoms with Crippen LogP contribution in [0.15, 0.2) is 35.7 Å². The summed E-state index contributed by atoms with van der Waals surface area (Å²) in [7, 11) is 0. The minimum Gasteiger partial charge on any atom is -0.462 e. The maximum Gasteiger partial charge on any atom is 0.343 e. The molecule has 0 saturated heterocycles. The van der Waals surface area contributed by atoms with Gasteiger partial charge in [-0.25, -0.2) is 9.48 Å². The summed E-state index contributed by atoms with van der Waals surface area (Å²) in [5.74, 6) is -0.0372. The van der Waals surface area contributed by atoms with E-state index in [4.69, 9.17) is 4.74 Å². The molecule has 2 aromatic rings. The zero-order valence-corrected chi connectivity index (χ0v) is 14.9. The van der Waals surface area contributed by atoms with Crippen molar-refractivity contribution in [1.82, 2.24) is 14.8 Å². The van der Waals surface area contributed by atoms with Crippen LogP contribution in [0.2, 0.25) is 0 Å². The quantitative estimate of drug-likeness (QED) is 0.499. The summed E-state index contributed by atoms with van der Waals surface area (Å²) < 4.78 is 6.63. The maximum absolute atomic E-state index is 12.0. The molecule has 0 radical (unpaired) electrons. The van der Waals surface area contributed by atoms with Crippen LogP contribution in [0.5, 0.6) is 0 Å². The second kappa shape index (κ2) is 10.1. The average Bonchev–Trinajstić information content (AvgIpc) is 3.02. The first kappa shape index (κ1) is 19.3. The van der Waals surface area contributed by atoms with Gasteiger partial charge < -0.3 is 10.1 Å². The molecular weight excluding hydrogens is 306 g/mol. The molecule has 0 unspecified atom stereocenters. The highest BCUT2D eigenvalue weighted by Crippen LogP contribution is 2.17. The number of pyridine rings is 1. The van der Waals surface area contributed by atoms with Crippen molar-refractivity contribution in [2.75, 3.05) is 11.9 Å². The molecule has 0 bridgehead atoms. The number of aliphatic imine (C=N–C) groups is 1. The van der Waals surface area contributed by atoms with Crippen LogP contribution in [0.25, 0.3) is 5.69 Å². The molecule has 24 heavy (non-hydrogen) atoms. The molecule has 0 aliphatic heterocycles. The lowest BCUT2D eigenvalue weighted by Gasteiger charge is -2.01. The highest BCUT2D eigenvalue weighted by molar-refractivity contribution is 5.97. The molecule has 0 aliphatic rings. The Morgan fingerprint density at radius 3 is 2.79 bits per heavy atom. The summed E-state index contributed by atoms with van der Waals surface area (Å²) in [6.07, 6.45) is 6.48. The van der Waals surface area contributed by atoms with Gasteiger partial charge in [0, 0.05) is 18.4 Å². The number of nitrogens with one attached hydrogen (secondary N) is 1. The Kier molecular flexibility index (Phi) is 8.18. The van der Waals surface area contributed by atoms with Gasteiger partial charge in [0.25, 0.3) is 0 Å². The first-order valence-electron chi connectivity index (χ1n) is 8.07. The summed E-state index contributed by atoms with van der Waals surface area (Å²) in [5.41, 5.74) is 1.10. The van der Waals surface area contributed by atoms with Gasteiger partial charge in [0.05, 0.1) is 24.8 Å². The van der Waals surface area contributed by atoms with Crippen LogP contribution >= 0.6 is 0 Å². The van der Waals surface area contributed by atoms with Crippen LogP contribution < -0.4 is 5.32 Å². The largest absolute Gasteiger partial charge is 0.462 e. The van der Waals surface area contributed by atoms with E-state index in [1.54, 1.807) is 36.3 Å². The lowest BCUT2D eigenvalue weighted by Crippen LogP contribution is -2.08. The summed E-state index contributed by atoms with van der Waals surface area (Å²) in [6.45, 7) is 9.98. The van der Waals surface area contributed by atoms with Gasteiger partial charge >= 0.3 is 5.97 Å². The van der Waals surface area contributed by atoms with E-state index in [1.165, 1.54) is 6.34 Å². The Labute approximate surface area is 142 Å². The molecule has 0 aromatic carbocycles. The molecule has 1 N–H and O–H groups in total. The molecule has 130 valence electrons. The molecule has 0 amide bonds. The SMILES string of the molecule is CC.CCOC(=O)c1cn(-c2cccnc2)nc1NC=NC(C)C. The Balaban J connectivity index is 0.00000139. The van der Waals surface area contributed by atoms with E-state index >= 15 is 0 Å². The van der Waals surface area contributed by atoms with E-state index in [1.807, 2.05) is 33.8 Å². The van der Waals surface area contributed by atoms with E-state index in [9.17, 15) is 4.79 Å². The fraction of sp³-hybridized carbons (Fsp3) is 0.412. The van der Waals surface area contributed by atoms with Gasteiger partial charge in [0.15, 0.2) is 5.82 Å². The summed E-state index contributed by atoms with van der Waals surface area (Å²) in [6, 6.07) is 3.80. The van der Waals surface area contributed by atoms with Crippen molar-refractivity contribution >= 4 is 18.1 Å². The Hall–Kier alpha value is -2.70. The number of nitrogens with zero attached hydrogens (tertiary/aromatic N) is 4. The summed E-state index contributed by atoms with van der Waals surface area (Å²) in [5, 5.41) is 7.28. The molecule has 2 heterocycles. The number of ether oxygens (including phenoxy) is 1. The third-order valence-electron chi connectivity index (χ3n) is 2.69. The highest BCUT2D eigenvalue weighted by Gasteiger charge is 2.17. The summed E-state index contributed by atoms with van der Waals surface area (Å²) in [4.78, 5) is 20.3. The number of aromatic nitrogens is 3. The molecule has 0 saturated carbocycles. The van der Waals surface area contributed by atoms with Gasteiger partial charge in [-0.1, -0.05) is 13.8 Å². The number of esters is 1. The van der Waals surface area contributed by atoms with Crippen molar-refractivity contribution < 1.29 is 9.53 Å². The predicted octanol–water partition coefficient (Wildman–Crippen LogP) is 3.32. The van der Waals surface area contributed by atoms with E-state index in [2.05, 4.69) is 20.4 Å². The predicted molar refractivity (Wildman–Crippen MR) is 95.9 cm³/mol. The average molecular weight is 331 g/mol. The lowest BCUT2D eigenvalue weighted by molar-refractivity contribution is 0.0527. The second-order valence-corrected chi connectivity index (χ2v) is 4.78. The van der Waals surface area contributed by atoms with Crippen molar-refractivity contribution in [3.05, 3.63) is 36.3 Å². The lowest BCUT2D eigenvalue weighted by atomic mass is 10.3. The monoisotopic (exact) mass is 331 g/mol. The number of rotatable bonds is 6. The van der Waals surface area contributed by atoms with E-state index in [0.717, 1.165) is 5.69 Å². The number of carbonyl (C=O) groups excluding carboxylic acids is 1. The molecule has 7 heteroatoms. The highest BCUT2D eigenvalue weighted by atomic mass is 16.5. The molecule has 2 rings (SSSR count). The number of hydrogen-bond donors (Lipinski definition) is 1. The fourth-order valence-corrected chi connectivity index (χ4v) is 1.71. The minimum absolute atomic E-state index is 0.152. The number of hydrogen-bond acceptors (Lipinski definition) is 5. The van der Waals surface area contributed by atoms with Crippen LogP contribution in [-0.4, -0.2) is 39.7 Å². The molecule has 0 aliphatic carbocycles. The number of anilines is 1. The van der Waals surface area contributed by atoms with Gasteiger partial charge in [0.2, 0.25) is 0 Å². The molecular formula is C17H25N5O2. The van der Waals surface area contributed by atoms with E-state index in [-0.39, 0.29) is 6.04 Å². The van der Waals surface area contributed by atoms with Crippen LogP contribution in [0, 0.1) is 0 Å². The summed E-state index contributed by atoms with van der Waals surface area (Å²) >= 11 is 0. The van der Waals surface area contributed by atoms with Gasteiger partial charge in [-0.2, -0.15) is 0 Å². The topological polar surface area (TPSA) is 81.4 Å². The minimum atomic E-state index is -0.432. The van der Waals surface area contributed by atoms with Crippen LogP contribution in [0.4, 0.5) is 5.82 Å². The molecule has 7 nitrogen and oxygen atoms in total. The Bertz CT molecular complexity index is 650. The van der Waals surface area contributed by atoms with Crippen molar-refractivity contribution in [3.63, 3.8) is 0 Å². The molecule has 0 atom stereocenters. The molecule has 0 spiro atoms. The van der Waals surface area contributed by atoms with Crippen molar-refractivity contribution in [2.45, 2.75) is 40.7 Å². The Morgan fingerprint density at radius 2 is 2.21 bits per heavy atom. The van der Waals surface area contributed by atoms with Gasteiger partial charge in [-0.15, -0.1) is 5.10 Å². The third-order valence-corrected chi connectivity index (χ3v) is 2.69. The standard InChI is InChI=1S/C15H19N5O2.C2H6/c1-4-22-15(21)13-9-20(12-6-5-7-16-8-12)19-14(13)18-10-17-11(2)3;1-2/h5-11H,4H2,1-3H3,(H,17,18,19);1-2H3.